The summed E-state index contributed by atoms with van der Waals surface area (Å²) in [6, 6.07) is 8.20. The van der Waals surface area contributed by atoms with E-state index >= 15 is 0 Å². The molecule has 2 aromatic rings. The summed E-state index contributed by atoms with van der Waals surface area (Å²) in [5.41, 5.74) is 5.46. The van der Waals surface area contributed by atoms with Crippen LogP contribution in [0.5, 0.6) is 0 Å². The van der Waals surface area contributed by atoms with Crippen LogP contribution in [0.15, 0.2) is 24.3 Å². The lowest BCUT2D eigenvalue weighted by atomic mass is 10.1. The first-order valence-electron chi connectivity index (χ1n) is 10.4. The standard InChI is InChI=1S/C22H30N6O/c1-15(2)19-13-16(3)23-21(25-19)27-9-11-28(12-10-27)22(29)24-18-6-5-17-7-8-26(4)20(17)14-18/h5-6,13-15H,7-12H2,1-4H3,(H,24,29). The van der Waals surface area contributed by atoms with E-state index in [1.807, 2.05) is 24.0 Å². The second-order valence-electron chi connectivity index (χ2n) is 8.31. The van der Waals surface area contributed by atoms with Gasteiger partial charge >= 0.3 is 6.03 Å². The molecule has 29 heavy (non-hydrogen) atoms. The fourth-order valence-electron chi connectivity index (χ4n) is 3.94. The lowest BCUT2D eigenvalue weighted by Crippen LogP contribution is -2.50. The molecule has 4 rings (SSSR count). The largest absolute Gasteiger partial charge is 0.374 e. The van der Waals surface area contributed by atoms with Crippen LogP contribution in [0.1, 0.15) is 36.7 Å². The molecule has 0 atom stereocenters. The molecule has 2 aliphatic rings. The normalized spacial score (nSPS) is 16.4. The van der Waals surface area contributed by atoms with Crippen molar-refractivity contribution in [3.05, 3.63) is 41.2 Å². The smallest absolute Gasteiger partial charge is 0.321 e. The monoisotopic (exact) mass is 394 g/mol. The number of nitrogens with one attached hydrogen (secondary N) is 1. The number of hydrogen-bond donors (Lipinski definition) is 1. The maximum Gasteiger partial charge on any atom is 0.321 e. The highest BCUT2D eigenvalue weighted by atomic mass is 16.2. The molecular weight excluding hydrogens is 364 g/mol. The Morgan fingerprint density at radius 3 is 2.55 bits per heavy atom. The van der Waals surface area contributed by atoms with Gasteiger partial charge in [0, 0.05) is 62.5 Å². The molecule has 3 heterocycles. The topological polar surface area (TPSA) is 64.6 Å². The van der Waals surface area contributed by atoms with Gasteiger partial charge in [-0.2, -0.15) is 0 Å². The van der Waals surface area contributed by atoms with Crippen molar-refractivity contribution in [2.75, 3.05) is 54.9 Å². The third-order valence-corrected chi connectivity index (χ3v) is 5.77. The van der Waals surface area contributed by atoms with Gasteiger partial charge in [-0.05, 0) is 43.0 Å². The quantitative estimate of drug-likeness (QED) is 0.866. The number of amides is 2. The van der Waals surface area contributed by atoms with Gasteiger partial charge in [0.05, 0.1) is 0 Å². The second kappa shape index (κ2) is 7.89. The first kappa shape index (κ1) is 19.5. The molecule has 2 aliphatic heterocycles. The molecule has 0 unspecified atom stereocenters. The first-order chi connectivity index (χ1) is 13.9. The molecule has 0 aliphatic carbocycles. The Hall–Kier alpha value is -2.83. The number of likely N-dealkylation sites (N-methyl/N-ethyl adjacent to an activating group) is 1. The van der Waals surface area contributed by atoms with E-state index < -0.39 is 0 Å². The Balaban J connectivity index is 1.37. The number of fused-ring (bicyclic) bond motifs is 1. The van der Waals surface area contributed by atoms with E-state index in [9.17, 15) is 4.79 Å². The van der Waals surface area contributed by atoms with Crippen LogP contribution in [0.25, 0.3) is 0 Å². The van der Waals surface area contributed by atoms with Gasteiger partial charge in [0.25, 0.3) is 0 Å². The number of rotatable bonds is 3. The molecule has 154 valence electrons. The Bertz CT molecular complexity index is 904. The van der Waals surface area contributed by atoms with E-state index in [1.54, 1.807) is 0 Å². The van der Waals surface area contributed by atoms with Gasteiger partial charge < -0.3 is 20.0 Å². The van der Waals surface area contributed by atoms with Crippen LogP contribution in [0.3, 0.4) is 0 Å². The van der Waals surface area contributed by atoms with E-state index in [2.05, 4.69) is 53.1 Å². The summed E-state index contributed by atoms with van der Waals surface area (Å²) < 4.78 is 0. The number of piperazine rings is 1. The number of urea groups is 1. The average molecular weight is 395 g/mol. The number of aromatic nitrogens is 2. The highest BCUT2D eigenvalue weighted by Crippen LogP contribution is 2.29. The maximum absolute atomic E-state index is 12.7. The SMILES string of the molecule is Cc1cc(C(C)C)nc(N2CCN(C(=O)Nc3ccc4c(c3)N(C)CC4)CC2)n1. The van der Waals surface area contributed by atoms with Crippen LogP contribution >= 0.6 is 0 Å². The maximum atomic E-state index is 12.7. The summed E-state index contributed by atoms with van der Waals surface area (Å²) in [4.78, 5) is 28.4. The number of carbonyl (C=O) groups excluding carboxylic acids is 1. The molecule has 0 bridgehead atoms. The van der Waals surface area contributed by atoms with Crippen molar-refractivity contribution in [3.8, 4) is 0 Å². The highest BCUT2D eigenvalue weighted by molar-refractivity contribution is 5.90. The predicted molar refractivity (Wildman–Crippen MR) is 117 cm³/mol. The van der Waals surface area contributed by atoms with Crippen molar-refractivity contribution >= 4 is 23.4 Å². The molecule has 7 nitrogen and oxygen atoms in total. The minimum Gasteiger partial charge on any atom is -0.374 e. The molecule has 1 N–H and O–H groups in total. The van der Waals surface area contributed by atoms with Crippen molar-refractivity contribution < 1.29 is 4.79 Å². The van der Waals surface area contributed by atoms with Gasteiger partial charge in [-0.25, -0.2) is 14.8 Å². The van der Waals surface area contributed by atoms with Crippen LogP contribution in [0.4, 0.5) is 22.1 Å². The Morgan fingerprint density at radius 2 is 1.83 bits per heavy atom. The molecule has 1 saturated heterocycles. The molecule has 0 radical (unpaired) electrons. The lowest BCUT2D eigenvalue weighted by Gasteiger charge is -2.35. The van der Waals surface area contributed by atoms with Gasteiger partial charge in [0.15, 0.2) is 0 Å². The van der Waals surface area contributed by atoms with Gasteiger partial charge in [0.1, 0.15) is 0 Å². The third kappa shape index (κ3) is 4.13. The number of nitrogens with zero attached hydrogens (tertiary/aromatic N) is 5. The lowest BCUT2D eigenvalue weighted by molar-refractivity contribution is 0.208. The zero-order valence-corrected chi connectivity index (χ0v) is 17.8. The molecule has 0 saturated carbocycles. The van der Waals surface area contributed by atoms with E-state index in [0.29, 0.717) is 19.0 Å². The fraction of sp³-hybridized carbons (Fsp3) is 0.500. The van der Waals surface area contributed by atoms with E-state index in [4.69, 9.17) is 4.98 Å². The minimum absolute atomic E-state index is 0.0433. The van der Waals surface area contributed by atoms with Crippen LogP contribution in [0, 0.1) is 6.92 Å². The molecule has 7 heteroatoms. The van der Waals surface area contributed by atoms with E-state index in [0.717, 1.165) is 49.1 Å². The summed E-state index contributed by atoms with van der Waals surface area (Å²) in [7, 11) is 2.09. The zero-order chi connectivity index (χ0) is 20.5. The van der Waals surface area contributed by atoms with Gasteiger partial charge in [-0.1, -0.05) is 19.9 Å². The summed E-state index contributed by atoms with van der Waals surface area (Å²) >= 11 is 0. The van der Waals surface area contributed by atoms with Crippen LogP contribution in [-0.2, 0) is 6.42 Å². The summed E-state index contributed by atoms with van der Waals surface area (Å²) in [6.07, 6.45) is 1.07. The molecule has 0 spiro atoms. The van der Waals surface area contributed by atoms with Gasteiger partial charge in [-0.3, -0.25) is 0 Å². The summed E-state index contributed by atoms with van der Waals surface area (Å²) in [5, 5.41) is 3.06. The Kier molecular flexibility index (Phi) is 5.30. The molecule has 2 amide bonds. The van der Waals surface area contributed by atoms with Gasteiger partial charge in [0.2, 0.25) is 5.95 Å². The van der Waals surface area contributed by atoms with Crippen molar-refractivity contribution in [1.82, 2.24) is 14.9 Å². The zero-order valence-electron chi connectivity index (χ0n) is 17.8. The fourth-order valence-corrected chi connectivity index (χ4v) is 3.94. The highest BCUT2D eigenvalue weighted by Gasteiger charge is 2.24. The Morgan fingerprint density at radius 1 is 1.07 bits per heavy atom. The van der Waals surface area contributed by atoms with E-state index in [1.165, 1.54) is 11.3 Å². The summed E-state index contributed by atoms with van der Waals surface area (Å²) in [5.74, 6) is 1.14. The van der Waals surface area contributed by atoms with Crippen molar-refractivity contribution in [2.45, 2.75) is 33.1 Å². The number of benzene rings is 1. The van der Waals surface area contributed by atoms with Crippen LogP contribution < -0.4 is 15.1 Å². The number of aryl methyl sites for hydroxylation is 1. The minimum atomic E-state index is -0.0433. The molecule has 1 fully saturated rings. The van der Waals surface area contributed by atoms with Gasteiger partial charge in [-0.15, -0.1) is 0 Å². The number of anilines is 3. The third-order valence-electron chi connectivity index (χ3n) is 5.77. The molecule has 1 aromatic carbocycles. The van der Waals surface area contributed by atoms with Crippen molar-refractivity contribution in [2.24, 2.45) is 0 Å². The van der Waals surface area contributed by atoms with Crippen molar-refractivity contribution in [1.29, 1.82) is 0 Å². The van der Waals surface area contributed by atoms with Crippen LogP contribution in [-0.4, -0.2) is 60.7 Å². The number of carbonyl (C=O) groups is 1. The average Bonchev–Trinajstić information content (AvgIpc) is 3.08. The molecule has 1 aromatic heterocycles. The number of hydrogen-bond acceptors (Lipinski definition) is 5. The Labute approximate surface area is 172 Å². The second-order valence-corrected chi connectivity index (χ2v) is 8.31. The van der Waals surface area contributed by atoms with Crippen LogP contribution in [0.2, 0.25) is 0 Å². The van der Waals surface area contributed by atoms with Crippen molar-refractivity contribution in [3.63, 3.8) is 0 Å². The van der Waals surface area contributed by atoms with E-state index in [-0.39, 0.29) is 6.03 Å². The first-order valence-corrected chi connectivity index (χ1v) is 10.4. The molecular formula is C22H30N6O. The predicted octanol–water partition coefficient (Wildman–Crippen LogP) is 3.25. The summed E-state index contributed by atoms with van der Waals surface area (Å²) in [6.45, 7) is 10.1.